The van der Waals surface area contributed by atoms with Crippen LogP contribution >= 0.6 is 0 Å². The number of halogens is 2. The van der Waals surface area contributed by atoms with E-state index in [0.717, 1.165) is 19.2 Å². The molecule has 1 atom stereocenters. The van der Waals surface area contributed by atoms with Crippen molar-refractivity contribution in [3.8, 4) is 0 Å². The molecule has 18 heavy (non-hydrogen) atoms. The van der Waals surface area contributed by atoms with Crippen LogP contribution in [-0.2, 0) is 0 Å². The van der Waals surface area contributed by atoms with Gasteiger partial charge in [0.2, 0.25) is 0 Å². The van der Waals surface area contributed by atoms with Gasteiger partial charge in [-0.15, -0.1) is 0 Å². The molecule has 0 radical (unpaired) electrons. The topological polar surface area (TPSA) is 23.6 Å². The molecule has 1 aliphatic heterocycles. The van der Waals surface area contributed by atoms with E-state index in [-0.39, 0.29) is 11.3 Å². The Hall–Kier alpha value is -1.33. The number of nitrogens with zero attached hydrogens (tertiary/aromatic N) is 2. The van der Waals surface area contributed by atoms with E-state index in [4.69, 9.17) is 0 Å². The fraction of sp³-hybridized carbons (Fsp3) is 0.462. The zero-order chi connectivity index (χ0) is 13.3. The highest BCUT2D eigenvalue weighted by Gasteiger charge is 2.31. The lowest BCUT2D eigenvalue weighted by molar-refractivity contribution is 0.0681. The summed E-state index contributed by atoms with van der Waals surface area (Å²) >= 11 is 0. The zero-order valence-electron chi connectivity index (χ0n) is 10.5. The molecule has 1 heterocycles. The summed E-state index contributed by atoms with van der Waals surface area (Å²) in [6.45, 7) is 2.14. The summed E-state index contributed by atoms with van der Waals surface area (Å²) < 4.78 is 26.7. The van der Waals surface area contributed by atoms with Crippen molar-refractivity contribution >= 4 is 5.78 Å². The van der Waals surface area contributed by atoms with Gasteiger partial charge in [0.15, 0.2) is 17.4 Å². The minimum atomic E-state index is -1.05. The van der Waals surface area contributed by atoms with Gasteiger partial charge in [0.05, 0.1) is 11.6 Å². The molecule has 1 aliphatic rings. The minimum absolute atomic E-state index is 0.165. The molecule has 98 valence electrons. The molecule has 1 aromatic carbocycles. The van der Waals surface area contributed by atoms with Gasteiger partial charge in [-0.1, -0.05) is 6.07 Å². The molecule has 2 rings (SSSR count). The Morgan fingerprint density at radius 2 is 2.00 bits per heavy atom. The molecule has 0 aromatic heterocycles. The van der Waals surface area contributed by atoms with Crippen LogP contribution in [0.5, 0.6) is 0 Å². The van der Waals surface area contributed by atoms with Gasteiger partial charge in [0.25, 0.3) is 0 Å². The van der Waals surface area contributed by atoms with Crippen LogP contribution in [0.2, 0.25) is 0 Å². The number of Topliss-reactive ketones (excluding diaryl/α,β-unsaturated/α-hetero) is 1. The maximum atomic E-state index is 13.6. The summed E-state index contributed by atoms with van der Waals surface area (Å²) in [7, 11) is 3.74. The number of piperazine rings is 1. The van der Waals surface area contributed by atoms with Gasteiger partial charge in [-0.25, -0.2) is 8.78 Å². The molecular formula is C13H16F2N2O. The summed E-state index contributed by atoms with van der Waals surface area (Å²) in [5.74, 6) is -2.39. The third-order valence-corrected chi connectivity index (χ3v) is 3.37. The highest BCUT2D eigenvalue weighted by Crippen LogP contribution is 2.17. The normalized spacial score (nSPS) is 22.1. The molecule has 0 saturated carbocycles. The molecule has 0 N–H and O–H groups in total. The molecule has 1 aromatic rings. The van der Waals surface area contributed by atoms with Crippen LogP contribution in [0.4, 0.5) is 8.78 Å². The van der Waals surface area contributed by atoms with Crippen molar-refractivity contribution < 1.29 is 13.6 Å². The highest BCUT2D eigenvalue weighted by molar-refractivity contribution is 6.00. The average Bonchev–Trinajstić information content (AvgIpc) is 2.35. The molecule has 1 fully saturated rings. The van der Waals surface area contributed by atoms with Gasteiger partial charge >= 0.3 is 0 Å². The number of ketones is 1. The van der Waals surface area contributed by atoms with E-state index in [1.165, 1.54) is 12.1 Å². The molecule has 0 spiro atoms. The second-order valence-electron chi connectivity index (χ2n) is 4.72. The van der Waals surface area contributed by atoms with Crippen LogP contribution in [0.25, 0.3) is 0 Å². The van der Waals surface area contributed by atoms with E-state index in [0.29, 0.717) is 6.54 Å². The first-order valence-electron chi connectivity index (χ1n) is 5.87. The number of likely N-dealkylation sites (N-methyl/N-ethyl adjacent to an activating group) is 2. The minimum Gasteiger partial charge on any atom is -0.303 e. The number of hydrogen-bond acceptors (Lipinski definition) is 3. The Balaban J connectivity index is 2.27. The van der Waals surface area contributed by atoms with Crippen LogP contribution in [-0.4, -0.2) is 55.4 Å². The predicted octanol–water partition coefficient (Wildman–Crippen LogP) is 1.39. The van der Waals surface area contributed by atoms with Crippen LogP contribution < -0.4 is 0 Å². The lowest BCUT2D eigenvalue weighted by atomic mass is 10.0. The summed E-state index contributed by atoms with van der Waals surface area (Å²) in [5, 5.41) is 0. The summed E-state index contributed by atoms with van der Waals surface area (Å²) in [5.41, 5.74) is -0.165. The maximum absolute atomic E-state index is 13.6. The molecule has 0 aliphatic carbocycles. The summed E-state index contributed by atoms with van der Waals surface area (Å²) in [6.07, 6.45) is 0. The number of hydrogen-bond donors (Lipinski definition) is 0. The molecule has 0 bridgehead atoms. The van der Waals surface area contributed by atoms with E-state index < -0.39 is 17.7 Å². The Morgan fingerprint density at radius 3 is 2.72 bits per heavy atom. The fourth-order valence-electron chi connectivity index (χ4n) is 2.17. The predicted molar refractivity (Wildman–Crippen MR) is 64.6 cm³/mol. The van der Waals surface area contributed by atoms with Crippen molar-refractivity contribution in [1.29, 1.82) is 0 Å². The van der Waals surface area contributed by atoms with Gasteiger partial charge < -0.3 is 4.90 Å². The Bertz CT molecular complexity index is 464. The molecule has 5 heteroatoms. The SMILES string of the molecule is CN1CCN(C)C(C(=O)c2cccc(F)c2F)C1. The van der Waals surface area contributed by atoms with Crippen molar-refractivity contribution in [2.45, 2.75) is 6.04 Å². The Morgan fingerprint density at radius 1 is 1.28 bits per heavy atom. The largest absolute Gasteiger partial charge is 0.303 e. The van der Waals surface area contributed by atoms with Gasteiger partial charge in [-0.3, -0.25) is 9.69 Å². The van der Waals surface area contributed by atoms with Crippen LogP contribution in [0.3, 0.4) is 0 Å². The maximum Gasteiger partial charge on any atom is 0.184 e. The number of rotatable bonds is 2. The van der Waals surface area contributed by atoms with E-state index >= 15 is 0 Å². The molecule has 1 unspecified atom stereocenters. The third-order valence-electron chi connectivity index (χ3n) is 3.37. The summed E-state index contributed by atoms with van der Waals surface area (Å²) in [4.78, 5) is 16.1. The van der Waals surface area contributed by atoms with Crippen molar-refractivity contribution in [3.05, 3.63) is 35.4 Å². The summed E-state index contributed by atoms with van der Waals surface area (Å²) in [6, 6.07) is 3.30. The molecule has 1 saturated heterocycles. The molecule has 3 nitrogen and oxygen atoms in total. The fourth-order valence-corrected chi connectivity index (χ4v) is 2.17. The smallest absolute Gasteiger partial charge is 0.184 e. The molecular weight excluding hydrogens is 238 g/mol. The first kappa shape index (κ1) is 13.1. The number of benzene rings is 1. The average molecular weight is 254 g/mol. The van der Waals surface area contributed by atoms with E-state index in [9.17, 15) is 13.6 Å². The lowest BCUT2D eigenvalue weighted by Crippen LogP contribution is -2.53. The standard InChI is InChI=1S/C13H16F2N2O/c1-16-6-7-17(2)11(8-16)13(18)9-4-3-5-10(14)12(9)15/h3-5,11H,6-8H2,1-2H3. The van der Waals surface area contributed by atoms with E-state index in [1.807, 2.05) is 23.9 Å². The van der Waals surface area contributed by atoms with Crippen molar-refractivity contribution in [2.24, 2.45) is 0 Å². The second-order valence-corrected chi connectivity index (χ2v) is 4.72. The Kier molecular flexibility index (Phi) is 3.73. The lowest BCUT2D eigenvalue weighted by Gasteiger charge is -2.36. The number of carbonyl (C=O) groups is 1. The van der Waals surface area contributed by atoms with Gasteiger partial charge in [-0.05, 0) is 26.2 Å². The van der Waals surface area contributed by atoms with Crippen LogP contribution in [0.15, 0.2) is 18.2 Å². The third kappa shape index (κ3) is 2.42. The van der Waals surface area contributed by atoms with Crippen molar-refractivity contribution in [3.63, 3.8) is 0 Å². The quantitative estimate of drug-likeness (QED) is 0.745. The second kappa shape index (κ2) is 5.12. The monoisotopic (exact) mass is 254 g/mol. The first-order valence-corrected chi connectivity index (χ1v) is 5.87. The first-order chi connectivity index (χ1) is 8.50. The van der Waals surface area contributed by atoms with Crippen LogP contribution in [0, 0.1) is 11.6 Å². The molecule has 0 amide bonds. The van der Waals surface area contributed by atoms with Gasteiger partial charge in [-0.2, -0.15) is 0 Å². The van der Waals surface area contributed by atoms with Gasteiger partial charge in [0, 0.05) is 19.6 Å². The van der Waals surface area contributed by atoms with Crippen molar-refractivity contribution in [2.75, 3.05) is 33.7 Å². The number of carbonyl (C=O) groups excluding carboxylic acids is 1. The van der Waals surface area contributed by atoms with Gasteiger partial charge in [0.1, 0.15) is 0 Å². The van der Waals surface area contributed by atoms with E-state index in [1.54, 1.807) is 0 Å². The highest BCUT2D eigenvalue weighted by atomic mass is 19.2. The van der Waals surface area contributed by atoms with Crippen molar-refractivity contribution in [1.82, 2.24) is 9.80 Å². The van der Waals surface area contributed by atoms with E-state index in [2.05, 4.69) is 0 Å². The zero-order valence-corrected chi connectivity index (χ0v) is 10.5. The van der Waals surface area contributed by atoms with Crippen LogP contribution in [0.1, 0.15) is 10.4 Å². The Labute approximate surface area is 105 Å².